The number of nitriles is 4. The Morgan fingerprint density at radius 3 is 0.818 bits per heavy atom. The third-order valence-electron chi connectivity index (χ3n) is 0.200. The Hall–Kier alpha value is -0.869. The van der Waals surface area contributed by atoms with Gasteiger partial charge in [-0.1, -0.05) is 0 Å². The van der Waals surface area contributed by atoms with Gasteiger partial charge in [-0.25, -0.2) is 0 Å². The molecule has 0 fully saturated rings. The van der Waals surface area contributed by atoms with Gasteiger partial charge in [0.25, 0.3) is 0 Å². The third-order valence-corrected chi connectivity index (χ3v) is 0.200. The van der Waals surface area contributed by atoms with E-state index >= 15 is 0 Å². The second kappa shape index (κ2) is 22.9. The zero-order valence-electron chi connectivity index (χ0n) is 5.39. The van der Waals surface area contributed by atoms with Gasteiger partial charge in [-0.05, 0) is 0 Å². The molecular formula is C4BaN6. The van der Waals surface area contributed by atoms with Gasteiger partial charge < -0.3 is 21.0 Å². The van der Waals surface area contributed by atoms with Crippen LogP contribution in [0.15, 0.2) is 0 Å². The van der Waals surface area contributed by atoms with Crippen molar-refractivity contribution in [2.45, 2.75) is 0 Å². The molecule has 0 aliphatic rings. The predicted octanol–water partition coefficient (Wildman–Crippen LogP) is 0.264. The number of hydrogen-bond acceptors (Lipinski definition) is 4. The molecular weight excluding hydrogens is 269 g/mol. The molecule has 0 radical (unpaired) electrons. The van der Waals surface area contributed by atoms with Gasteiger partial charge in [0, 0.05) is 24.8 Å². The first-order valence-electron chi connectivity index (χ1n) is 1.79. The molecule has 11 heavy (non-hydrogen) atoms. The maximum Gasteiger partial charge on any atom is 2.00 e. The van der Waals surface area contributed by atoms with Gasteiger partial charge >= 0.3 is 48.9 Å². The summed E-state index contributed by atoms with van der Waals surface area (Å²) in [7, 11) is 0. The Labute approximate surface area is 104 Å². The molecule has 0 heterocycles. The van der Waals surface area contributed by atoms with Crippen LogP contribution >= 0.6 is 0 Å². The van der Waals surface area contributed by atoms with Crippen molar-refractivity contribution in [1.82, 2.24) is 0 Å². The molecule has 0 aromatic carbocycles. The molecule has 0 saturated heterocycles. The Bertz CT molecular complexity index is 171. The van der Waals surface area contributed by atoms with Crippen molar-refractivity contribution in [3.05, 3.63) is 10.6 Å². The SMILES string of the molecule is N#C[N-]C#N.N#C[N-]C#N.[Ba+2]. The molecule has 0 aromatic rings. The molecule has 0 aliphatic carbocycles. The van der Waals surface area contributed by atoms with E-state index in [1.165, 1.54) is 24.8 Å². The fourth-order valence-corrected chi connectivity index (χ4v) is 0.0447. The molecule has 0 rings (SSSR count). The predicted molar refractivity (Wildman–Crippen MR) is 34.9 cm³/mol. The summed E-state index contributed by atoms with van der Waals surface area (Å²) in [4.78, 5) is 0. The van der Waals surface area contributed by atoms with Gasteiger partial charge in [-0.15, -0.1) is 0 Å². The Kier molecular flexibility index (Phi) is 34.6. The van der Waals surface area contributed by atoms with Crippen molar-refractivity contribution in [2.24, 2.45) is 0 Å². The van der Waals surface area contributed by atoms with Gasteiger partial charge in [0.05, 0.1) is 0 Å². The Morgan fingerprint density at radius 1 is 0.636 bits per heavy atom. The van der Waals surface area contributed by atoms with E-state index in [4.69, 9.17) is 21.0 Å². The molecule has 6 nitrogen and oxygen atoms in total. The fraction of sp³-hybridized carbons (Fsp3) is 0. The average molecular weight is 269 g/mol. The second-order valence-corrected chi connectivity index (χ2v) is 0.624. The molecule has 0 saturated carbocycles. The summed E-state index contributed by atoms with van der Waals surface area (Å²) in [6, 6.07) is 0. The van der Waals surface area contributed by atoms with Crippen LogP contribution in [-0.2, 0) is 0 Å². The summed E-state index contributed by atoms with van der Waals surface area (Å²) in [6.45, 7) is 0. The normalized spacial score (nSPS) is 3.27. The maximum atomic E-state index is 7.43. The quantitative estimate of drug-likeness (QED) is 0.462. The Morgan fingerprint density at radius 2 is 0.818 bits per heavy atom. The van der Waals surface area contributed by atoms with Crippen LogP contribution in [0.4, 0.5) is 0 Å². The summed E-state index contributed by atoms with van der Waals surface area (Å²) in [6.07, 6.45) is 5.12. The topological polar surface area (TPSA) is 123 Å². The van der Waals surface area contributed by atoms with E-state index < -0.39 is 0 Å². The number of rotatable bonds is 0. The van der Waals surface area contributed by atoms with Gasteiger partial charge in [0.15, 0.2) is 0 Å². The van der Waals surface area contributed by atoms with Crippen LogP contribution in [0.25, 0.3) is 10.6 Å². The smallest absolute Gasteiger partial charge is 0.385 e. The largest absolute Gasteiger partial charge is 2.00 e. The van der Waals surface area contributed by atoms with Crippen molar-refractivity contribution in [1.29, 1.82) is 21.0 Å². The van der Waals surface area contributed by atoms with Gasteiger partial charge in [-0.3, -0.25) is 10.6 Å². The van der Waals surface area contributed by atoms with E-state index in [0.29, 0.717) is 0 Å². The van der Waals surface area contributed by atoms with Gasteiger partial charge in [0.2, 0.25) is 0 Å². The standard InChI is InChI=1S/2C2N3.Ba/c2*3-1-5-2-4;/q2*-1;+2. The fourth-order valence-electron chi connectivity index (χ4n) is 0.0447. The van der Waals surface area contributed by atoms with E-state index in [1.54, 1.807) is 0 Å². The monoisotopic (exact) mass is 270 g/mol. The molecule has 0 atom stereocenters. The average Bonchev–Trinajstić information content (AvgIpc) is 1.93. The minimum absolute atomic E-state index is 0. The maximum absolute atomic E-state index is 7.43. The summed E-state index contributed by atoms with van der Waals surface area (Å²) in [5.41, 5.74) is 0. The molecule has 7 heteroatoms. The molecule has 0 spiro atoms. The van der Waals surface area contributed by atoms with E-state index in [0.717, 1.165) is 0 Å². The molecule has 0 bridgehead atoms. The summed E-state index contributed by atoms with van der Waals surface area (Å²) >= 11 is 0. The molecule has 0 amide bonds. The third kappa shape index (κ3) is 47.4. The van der Waals surface area contributed by atoms with Gasteiger partial charge in [-0.2, -0.15) is 0 Å². The first-order chi connectivity index (χ1) is 4.83. The van der Waals surface area contributed by atoms with Crippen LogP contribution in [0.3, 0.4) is 0 Å². The Balaban J connectivity index is -0.000000107. The summed E-state index contributed by atoms with van der Waals surface area (Å²) < 4.78 is 0. The van der Waals surface area contributed by atoms with Crippen molar-refractivity contribution in [3.8, 4) is 24.8 Å². The number of nitrogens with zero attached hydrogens (tertiary/aromatic N) is 6. The molecule has 0 unspecified atom stereocenters. The first kappa shape index (κ1) is 16.6. The molecule has 0 N–H and O–H groups in total. The summed E-state index contributed by atoms with van der Waals surface area (Å²) in [5, 5.41) is 34.9. The zero-order chi connectivity index (χ0) is 8.24. The zero-order valence-corrected chi connectivity index (χ0v) is 9.83. The van der Waals surface area contributed by atoms with Gasteiger partial charge in [0.1, 0.15) is 0 Å². The van der Waals surface area contributed by atoms with Crippen LogP contribution in [0.5, 0.6) is 0 Å². The van der Waals surface area contributed by atoms with Crippen LogP contribution in [0.1, 0.15) is 0 Å². The van der Waals surface area contributed by atoms with E-state index in [1.807, 2.05) is 0 Å². The van der Waals surface area contributed by atoms with Crippen molar-refractivity contribution < 1.29 is 0 Å². The number of hydrogen-bond donors (Lipinski definition) is 0. The molecule has 0 aliphatic heterocycles. The van der Waals surface area contributed by atoms with E-state index in [2.05, 4.69) is 10.6 Å². The van der Waals surface area contributed by atoms with Crippen LogP contribution < -0.4 is 0 Å². The molecule has 0 aromatic heterocycles. The van der Waals surface area contributed by atoms with E-state index in [9.17, 15) is 0 Å². The second-order valence-electron chi connectivity index (χ2n) is 0.624. The summed E-state index contributed by atoms with van der Waals surface area (Å²) in [5.74, 6) is 0. The van der Waals surface area contributed by atoms with Crippen LogP contribution in [0, 0.1) is 45.8 Å². The van der Waals surface area contributed by atoms with Crippen molar-refractivity contribution in [3.63, 3.8) is 0 Å². The van der Waals surface area contributed by atoms with Crippen molar-refractivity contribution in [2.75, 3.05) is 0 Å². The van der Waals surface area contributed by atoms with E-state index in [-0.39, 0.29) is 48.9 Å². The first-order valence-corrected chi connectivity index (χ1v) is 1.79. The van der Waals surface area contributed by atoms with Crippen LogP contribution in [0.2, 0.25) is 0 Å². The molecule has 48 valence electrons. The minimum atomic E-state index is 0. The van der Waals surface area contributed by atoms with Crippen LogP contribution in [-0.4, -0.2) is 48.9 Å². The minimum Gasteiger partial charge on any atom is -0.385 e. The van der Waals surface area contributed by atoms with Crippen molar-refractivity contribution >= 4 is 48.9 Å².